The number of benzene rings is 2. The molecule has 0 heteroatoms. The van der Waals surface area contributed by atoms with Crippen LogP contribution in [0.4, 0.5) is 0 Å². The highest BCUT2D eigenvalue weighted by molar-refractivity contribution is 5.60. The van der Waals surface area contributed by atoms with Crippen LogP contribution >= 0.6 is 0 Å². The van der Waals surface area contributed by atoms with Crippen molar-refractivity contribution in [2.24, 2.45) is 35.5 Å². The average molecular weight is 445 g/mol. The van der Waals surface area contributed by atoms with Gasteiger partial charge in [0.15, 0.2) is 0 Å². The topological polar surface area (TPSA) is 0 Å². The lowest BCUT2D eigenvalue weighted by atomic mass is 9.29. The van der Waals surface area contributed by atoms with Gasteiger partial charge in [0.25, 0.3) is 0 Å². The first kappa shape index (κ1) is 20.7. The molecule has 7 aliphatic rings. The normalized spacial score (nSPS) is 40.4. The second-order valence-corrected chi connectivity index (χ2v) is 12.4. The maximum Gasteiger partial charge on any atom is -0.00380 e. The van der Waals surface area contributed by atoms with E-state index in [9.17, 15) is 0 Å². The Bertz CT molecular complexity index is 1030. The minimum Gasteiger partial charge on any atom is -0.0985 e. The van der Waals surface area contributed by atoms with E-state index in [1.54, 1.807) is 11.1 Å². The molecule has 0 aromatic heterocycles. The van der Waals surface area contributed by atoms with Crippen LogP contribution in [-0.2, 0) is 10.8 Å². The molecule has 0 unspecified atom stereocenters. The smallest absolute Gasteiger partial charge is 0.00380 e. The molecule has 0 heterocycles. The third kappa shape index (κ3) is 2.61. The molecule has 0 aliphatic heterocycles. The monoisotopic (exact) mass is 444 g/mol. The molecule has 7 saturated carbocycles. The van der Waals surface area contributed by atoms with Gasteiger partial charge in [-0.1, -0.05) is 74.9 Å². The maximum absolute atomic E-state index is 4.07. The van der Waals surface area contributed by atoms with Crippen LogP contribution in [-0.4, -0.2) is 0 Å². The summed E-state index contributed by atoms with van der Waals surface area (Å²) in [6, 6.07) is 14.3. The summed E-state index contributed by atoms with van der Waals surface area (Å²) in [6.07, 6.45) is 16.5. The Morgan fingerprint density at radius 3 is 0.882 bits per heavy atom. The molecule has 0 saturated heterocycles. The van der Waals surface area contributed by atoms with E-state index in [1.807, 2.05) is 24.3 Å². The number of hydrogen-bond donors (Lipinski definition) is 0. The Balaban J connectivity index is 1.28. The van der Waals surface area contributed by atoms with Gasteiger partial charge in [-0.05, 0) is 130 Å². The van der Waals surface area contributed by atoms with E-state index in [4.69, 9.17) is 0 Å². The maximum atomic E-state index is 4.07. The van der Waals surface area contributed by atoms with Gasteiger partial charge >= 0.3 is 0 Å². The third-order valence-corrected chi connectivity index (χ3v) is 11.2. The molecule has 0 atom stereocenters. The molecule has 0 amide bonds. The largest absolute Gasteiger partial charge is 0.0985 e. The lowest BCUT2D eigenvalue weighted by molar-refractivity contribution is -0.221. The first-order valence-corrected chi connectivity index (χ1v) is 13.3. The van der Waals surface area contributed by atoms with Gasteiger partial charge in [-0.15, -0.1) is 0 Å². The van der Waals surface area contributed by atoms with Gasteiger partial charge in [-0.3, -0.25) is 0 Å². The highest BCUT2D eigenvalue weighted by Crippen LogP contribution is 2.77. The second kappa shape index (κ2) is 6.97. The predicted octanol–water partition coefficient (Wildman–Crippen LogP) is 8.54. The van der Waals surface area contributed by atoms with Gasteiger partial charge in [-0.2, -0.15) is 0 Å². The fourth-order valence-electron chi connectivity index (χ4n) is 10.1. The molecule has 0 spiro atoms. The standard InChI is InChI=1S/C34H36/c1-5-21-9-22(6-2)12-25(11-21)33-15-27-30-18-34(26-13-23(7-3)10-24(8-4)14-26)19-31(27)29(17-33)32(20-34)28(30)16-33/h5-14,27-32H,1-4,15-20H2. The molecule has 8 bridgehead atoms. The van der Waals surface area contributed by atoms with Crippen molar-refractivity contribution in [3.8, 4) is 0 Å². The molecule has 2 aromatic rings. The summed E-state index contributed by atoms with van der Waals surface area (Å²) >= 11 is 0. The molecule has 34 heavy (non-hydrogen) atoms. The Morgan fingerprint density at radius 2 is 0.676 bits per heavy atom. The number of rotatable bonds is 6. The Labute approximate surface area is 205 Å². The minimum absolute atomic E-state index is 0.385. The molecular formula is C34H36. The van der Waals surface area contributed by atoms with Crippen molar-refractivity contribution < 1.29 is 0 Å². The van der Waals surface area contributed by atoms with Gasteiger partial charge in [0.05, 0.1) is 0 Å². The third-order valence-electron chi connectivity index (χ3n) is 11.2. The van der Waals surface area contributed by atoms with Crippen molar-refractivity contribution in [2.75, 3.05) is 0 Å². The van der Waals surface area contributed by atoms with Gasteiger partial charge in [0.2, 0.25) is 0 Å². The summed E-state index contributed by atoms with van der Waals surface area (Å²) in [7, 11) is 0. The lowest BCUT2D eigenvalue weighted by Crippen LogP contribution is -2.69. The SMILES string of the molecule is C=Cc1cc(C=C)cc(C23CC4C5CC6(c7cc(C=C)cc(C=C)c7)CC4C(C2)C(C6)C5C3)c1. The van der Waals surface area contributed by atoms with E-state index in [1.165, 1.54) is 60.8 Å². The first-order chi connectivity index (χ1) is 16.5. The van der Waals surface area contributed by atoms with Crippen LogP contribution < -0.4 is 0 Å². The van der Waals surface area contributed by atoms with E-state index < -0.39 is 0 Å². The number of hydrogen-bond acceptors (Lipinski definition) is 0. The van der Waals surface area contributed by atoms with Gasteiger partial charge < -0.3 is 0 Å². The molecule has 7 fully saturated rings. The van der Waals surface area contributed by atoms with Crippen molar-refractivity contribution in [1.82, 2.24) is 0 Å². The van der Waals surface area contributed by atoms with Crippen LogP contribution in [0.25, 0.3) is 24.3 Å². The van der Waals surface area contributed by atoms with Crippen LogP contribution in [0, 0.1) is 35.5 Å². The zero-order chi connectivity index (χ0) is 23.2. The lowest BCUT2D eigenvalue weighted by Gasteiger charge is -2.75. The molecule has 0 nitrogen and oxygen atoms in total. The Hall–Kier alpha value is -2.60. The molecule has 7 aliphatic carbocycles. The molecule has 2 aromatic carbocycles. The minimum atomic E-state index is 0.385. The van der Waals surface area contributed by atoms with Gasteiger partial charge in [-0.25, -0.2) is 0 Å². The van der Waals surface area contributed by atoms with Crippen molar-refractivity contribution in [2.45, 2.75) is 49.4 Å². The average Bonchev–Trinajstić information content (AvgIpc) is 2.90. The zero-order valence-corrected chi connectivity index (χ0v) is 20.3. The van der Waals surface area contributed by atoms with Crippen LogP contribution in [0.15, 0.2) is 62.7 Å². The van der Waals surface area contributed by atoms with Crippen molar-refractivity contribution in [3.63, 3.8) is 0 Å². The van der Waals surface area contributed by atoms with E-state index in [2.05, 4.69) is 62.7 Å². The molecule has 0 radical (unpaired) electrons. The van der Waals surface area contributed by atoms with E-state index in [-0.39, 0.29) is 0 Å². The summed E-state index contributed by atoms with van der Waals surface area (Å²) in [5, 5.41) is 0. The summed E-state index contributed by atoms with van der Waals surface area (Å²) in [6.45, 7) is 16.3. The van der Waals surface area contributed by atoms with Crippen LogP contribution in [0.5, 0.6) is 0 Å². The molecule has 9 rings (SSSR count). The van der Waals surface area contributed by atoms with Crippen molar-refractivity contribution >= 4 is 24.3 Å². The zero-order valence-electron chi connectivity index (χ0n) is 20.3. The summed E-state index contributed by atoms with van der Waals surface area (Å²) in [5.41, 5.74) is 8.95. The highest BCUT2D eigenvalue weighted by atomic mass is 14.7. The molecule has 172 valence electrons. The van der Waals surface area contributed by atoms with Crippen molar-refractivity contribution in [3.05, 3.63) is 96.1 Å². The Morgan fingerprint density at radius 1 is 0.441 bits per heavy atom. The van der Waals surface area contributed by atoms with Crippen LogP contribution in [0.1, 0.15) is 71.9 Å². The summed E-state index contributed by atoms with van der Waals surface area (Å²) < 4.78 is 0. The van der Waals surface area contributed by atoms with E-state index in [0.29, 0.717) is 10.8 Å². The van der Waals surface area contributed by atoms with E-state index >= 15 is 0 Å². The summed E-state index contributed by atoms with van der Waals surface area (Å²) in [4.78, 5) is 0. The van der Waals surface area contributed by atoms with E-state index in [0.717, 1.165) is 35.5 Å². The quantitative estimate of drug-likeness (QED) is 0.419. The van der Waals surface area contributed by atoms with Gasteiger partial charge in [0, 0.05) is 0 Å². The fourth-order valence-corrected chi connectivity index (χ4v) is 10.1. The van der Waals surface area contributed by atoms with Gasteiger partial charge in [0.1, 0.15) is 0 Å². The Kier molecular flexibility index (Phi) is 4.25. The fraction of sp³-hybridized carbons (Fsp3) is 0.412. The first-order valence-electron chi connectivity index (χ1n) is 13.3. The van der Waals surface area contributed by atoms with Crippen molar-refractivity contribution in [1.29, 1.82) is 0 Å². The summed E-state index contributed by atoms with van der Waals surface area (Å²) in [5.74, 6) is 5.52. The highest BCUT2D eigenvalue weighted by Gasteiger charge is 2.70. The van der Waals surface area contributed by atoms with Crippen LogP contribution in [0.2, 0.25) is 0 Å². The molecular weight excluding hydrogens is 408 g/mol. The predicted molar refractivity (Wildman–Crippen MR) is 145 cm³/mol. The van der Waals surface area contributed by atoms with Crippen LogP contribution in [0.3, 0.4) is 0 Å². The molecule has 0 N–H and O–H groups in total. The second-order valence-electron chi connectivity index (χ2n) is 12.4.